The van der Waals surface area contributed by atoms with Crippen molar-refractivity contribution in [1.82, 2.24) is 4.90 Å². The van der Waals surface area contributed by atoms with Crippen LogP contribution < -0.4 is 5.32 Å². The van der Waals surface area contributed by atoms with Gasteiger partial charge in [0.15, 0.2) is 5.11 Å². The zero-order chi connectivity index (χ0) is 15.8. The summed E-state index contributed by atoms with van der Waals surface area (Å²) in [7, 11) is 0. The lowest BCUT2D eigenvalue weighted by Crippen LogP contribution is -2.35. The zero-order valence-corrected chi connectivity index (χ0v) is 14.3. The standard InChI is InChI=1S/C18H21ClN2S/c1-2-3-13-21(14-15-9-5-4-6-10-15)18(22)20-17-12-8-7-11-16(17)19/h4-12H,2-3,13-14H2,1H3,(H,20,22). The lowest BCUT2D eigenvalue weighted by atomic mass is 10.2. The van der Waals surface area contributed by atoms with E-state index in [2.05, 4.69) is 41.4 Å². The highest BCUT2D eigenvalue weighted by molar-refractivity contribution is 7.80. The molecule has 0 amide bonds. The summed E-state index contributed by atoms with van der Waals surface area (Å²) in [6.07, 6.45) is 2.25. The molecule has 0 spiro atoms. The first-order valence-corrected chi connectivity index (χ1v) is 8.33. The van der Waals surface area contributed by atoms with E-state index in [1.807, 2.05) is 30.3 Å². The van der Waals surface area contributed by atoms with Crippen LogP contribution in [0, 0.1) is 0 Å². The third-order valence-corrected chi connectivity index (χ3v) is 4.09. The highest BCUT2D eigenvalue weighted by atomic mass is 35.5. The smallest absolute Gasteiger partial charge is 0.173 e. The van der Waals surface area contributed by atoms with Gasteiger partial charge in [-0.05, 0) is 36.3 Å². The number of benzene rings is 2. The van der Waals surface area contributed by atoms with Crippen LogP contribution >= 0.6 is 23.8 Å². The van der Waals surface area contributed by atoms with E-state index in [1.54, 1.807) is 0 Å². The molecule has 0 bridgehead atoms. The Kier molecular flexibility index (Phi) is 6.69. The molecule has 0 aliphatic rings. The summed E-state index contributed by atoms with van der Waals surface area (Å²) in [6, 6.07) is 18.0. The van der Waals surface area contributed by atoms with E-state index < -0.39 is 0 Å². The molecule has 2 aromatic rings. The lowest BCUT2D eigenvalue weighted by molar-refractivity contribution is 0.408. The molecule has 116 valence electrons. The van der Waals surface area contributed by atoms with Crippen molar-refractivity contribution in [2.75, 3.05) is 11.9 Å². The maximum atomic E-state index is 6.20. The predicted molar refractivity (Wildman–Crippen MR) is 99.4 cm³/mol. The molecule has 0 aromatic heterocycles. The second-order valence-corrected chi connectivity index (χ2v) is 5.96. The van der Waals surface area contributed by atoms with Crippen molar-refractivity contribution in [3.63, 3.8) is 0 Å². The first-order valence-electron chi connectivity index (χ1n) is 7.55. The summed E-state index contributed by atoms with van der Waals surface area (Å²) in [5.41, 5.74) is 2.10. The number of hydrogen-bond acceptors (Lipinski definition) is 1. The summed E-state index contributed by atoms with van der Waals surface area (Å²) in [4.78, 5) is 2.19. The second-order valence-electron chi connectivity index (χ2n) is 5.17. The molecule has 2 nitrogen and oxygen atoms in total. The lowest BCUT2D eigenvalue weighted by Gasteiger charge is -2.26. The van der Waals surface area contributed by atoms with Gasteiger partial charge in [0.1, 0.15) is 0 Å². The van der Waals surface area contributed by atoms with Crippen molar-refractivity contribution >= 4 is 34.6 Å². The fourth-order valence-electron chi connectivity index (χ4n) is 2.16. The number of unbranched alkanes of at least 4 members (excludes halogenated alkanes) is 1. The average Bonchev–Trinajstić information content (AvgIpc) is 2.54. The molecule has 0 radical (unpaired) electrons. The maximum absolute atomic E-state index is 6.20. The summed E-state index contributed by atoms with van der Waals surface area (Å²) in [5.74, 6) is 0. The normalized spacial score (nSPS) is 10.3. The van der Waals surface area contributed by atoms with E-state index in [0.29, 0.717) is 10.1 Å². The summed E-state index contributed by atoms with van der Waals surface area (Å²) in [6.45, 7) is 3.92. The fourth-order valence-corrected chi connectivity index (χ4v) is 2.61. The number of halogens is 1. The average molecular weight is 333 g/mol. The summed E-state index contributed by atoms with van der Waals surface area (Å²) in [5, 5.41) is 4.66. The highest BCUT2D eigenvalue weighted by Crippen LogP contribution is 2.21. The molecule has 2 rings (SSSR count). The van der Waals surface area contributed by atoms with E-state index in [1.165, 1.54) is 5.56 Å². The van der Waals surface area contributed by atoms with Crippen molar-refractivity contribution in [1.29, 1.82) is 0 Å². The second kappa shape index (κ2) is 8.76. The molecule has 0 saturated heterocycles. The van der Waals surface area contributed by atoms with Gasteiger partial charge < -0.3 is 10.2 Å². The number of nitrogens with zero attached hydrogens (tertiary/aromatic N) is 1. The van der Waals surface area contributed by atoms with Gasteiger partial charge in [-0.25, -0.2) is 0 Å². The van der Waals surface area contributed by atoms with E-state index in [9.17, 15) is 0 Å². The van der Waals surface area contributed by atoms with Gasteiger partial charge in [-0.3, -0.25) is 0 Å². The molecule has 0 fully saturated rings. The van der Waals surface area contributed by atoms with Crippen LogP contribution in [0.1, 0.15) is 25.3 Å². The fraction of sp³-hybridized carbons (Fsp3) is 0.278. The SMILES string of the molecule is CCCCN(Cc1ccccc1)C(=S)Nc1ccccc1Cl. The molecule has 0 saturated carbocycles. The number of thiocarbonyl (C=S) groups is 1. The van der Waals surface area contributed by atoms with Crippen LogP contribution in [0.4, 0.5) is 5.69 Å². The van der Waals surface area contributed by atoms with Gasteiger partial charge in [-0.1, -0.05) is 67.4 Å². The Labute approximate surface area is 143 Å². The van der Waals surface area contributed by atoms with Crippen molar-refractivity contribution in [2.45, 2.75) is 26.3 Å². The molecule has 0 atom stereocenters. The maximum Gasteiger partial charge on any atom is 0.173 e. The Morgan fingerprint density at radius 2 is 1.77 bits per heavy atom. The molecule has 1 N–H and O–H groups in total. The Morgan fingerprint density at radius 1 is 1.09 bits per heavy atom. The monoisotopic (exact) mass is 332 g/mol. The van der Waals surface area contributed by atoms with Gasteiger partial charge in [0.05, 0.1) is 10.7 Å². The van der Waals surface area contributed by atoms with E-state index in [0.717, 1.165) is 31.6 Å². The minimum absolute atomic E-state index is 0.681. The van der Waals surface area contributed by atoms with Crippen molar-refractivity contribution in [3.05, 3.63) is 65.2 Å². The van der Waals surface area contributed by atoms with E-state index in [4.69, 9.17) is 23.8 Å². The molecular formula is C18H21ClN2S. The Bertz CT molecular complexity index is 601. The Hall–Kier alpha value is -1.58. The third-order valence-electron chi connectivity index (χ3n) is 3.40. The van der Waals surface area contributed by atoms with Crippen LogP contribution in [0.3, 0.4) is 0 Å². The van der Waals surface area contributed by atoms with Crippen LogP contribution in [0.2, 0.25) is 5.02 Å². The van der Waals surface area contributed by atoms with Crippen LogP contribution in [0.25, 0.3) is 0 Å². The quantitative estimate of drug-likeness (QED) is 0.719. The van der Waals surface area contributed by atoms with Gasteiger partial charge in [-0.15, -0.1) is 0 Å². The zero-order valence-electron chi connectivity index (χ0n) is 12.8. The van der Waals surface area contributed by atoms with Crippen molar-refractivity contribution in [3.8, 4) is 0 Å². The van der Waals surface area contributed by atoms with Crippen molar-refractivity contribution < 1.29 is 0 Å². The highest BCUT2D eigenvalue weighted by Gasteiger charge is 2.11. The molecule has 0 aliphatic heterocycles. The van der Waals surface area contributed by atoms with Crippen LogP contribution in [0.5, 0.6) is 0 Å². The van der Waals surface area contributed by atoms with Gasteiger partial charge in [0, 0.05) is 13.1 Å². The summed E-state index contributed by atoms with van der Waals surface area (Å²) < 4.78 is 0. The predicted octanol–water partition coefficient (Wildman–Crippen LogP) is 5.34. The van der Waals surface area contributed by atoms with Crippen molar-refractivity contribution in [2.24, 2.45) is 0 Å². The molecule has 4 heteroatoms. The Balaban J connectivity index is 2.07. The number of hydrogen-bond donors (Lipinski definition) is 1. The van der Waals surface area contributed by atoms with E-state index in [-0.39, 0.29) is 0 Å². The topological polar surface area (TPSA) is 15.3 Å². The molecule has 0 unspecified atom stereocenters. The third kappa shape index (κ3) is 5.00. The van der Waals surface area contributed by atoms with Crippen LogP contribution in [0.15, 0.2) is 54.6 Å². The number of rotatable bonds is 6. The van der Waals surface area contributed by atoms with Gasteiger partial charge in [-0.2, -0.15) is 0 Å². The van der Waals surface area contributed by atoms with E-state index >= 15 is 0 Å². The minimum atomic E-state index is 0.681. The first kappa shape index (κ1) is 16.8. The van der Waals surface area contributed by atoms with Gasteiger partial charge >= 0.3 is 0 Å². The molecular weight excluding hydrogens is 312 g/mol. The molecule has 2 aromatic carbocycles. The Morgan fingerprint density at radius 3 is 2.45 bits per heavy atom. The summed E-state index contributed by atoms with van der Waals surface area (Å²) >= 11 is 11.8. The number of nitrogens with one attached hydrogen (secondary N) is 1. The molecule has 0 heterocycles. The largest absolute Gasteiger partial charge is 0.345 e. The first-order chi connectivity index (χ1) is 10.7. The minimum Gasteiger partial charge on any atom is -0.345 e. The van der Waals surface area contributed by atoms with Crippen LogP contribution in [-0.4, -0.2) is 16.6 Å². The number of para-hydroxylation sites is 1. The molecule has 0 aliphatic carbocycles. The van der Waals surface area contributed by atoms with Crippen LogP contribution in [-0.2, 0) is 6.54 Å². The molecule has 22 heavy (non-hydrogen) atoms. The van der Waals surface area contributed by atoms with Gasteiger partial charge in [0.25, 0.3) is 0 Å². The number of anilines is 1. The van der Waals surface area contributed by atoms with Gasteiger partial charge in [0.2, 0.25) is 0 Å².